The Hall–Kier alpha value is -2.41. The Morgan fingerprint density at radius 3 is 2.55 bits per heavy atom. The van der Waals surface area contributed by atoms with Crippen LogP contribution in [0.25, 0.3) is 0 Å². The van der Waals surface area contributed by atoms with E-state index in [-0.39, 0.29) is 11.8 Å². The van der Waals surface area contributed by atoms with Gasteiger partial charge in [0.15, 0.2) is 5.13 Å². The summed E-state index contributed by atoms with van der Waals surface area (Å²) in [5.41, 5.74) is 2.19. The maximum absolute atomic E-state index is 12.0. The van der Waals surface area contributed by atoms with Gasteiger partial charge in [0.1, 0.15) is 0 Å². The highest BCUT2D eigenvalue weighted by Gasteiger charge is 2.06. The molecule has 2 amide bonds. The molecule has 1 aromatic carbocycles. The van der Waals surface area contributed by atoms with Crippen LogP contribution in [0.5, 0.6) is 0 Å². The van der Waals surface area contributed by atoms with E-state index in [9.17, 15) is 9.59 Å². The smallest absolute Gasteiger partial charge is 0.251 e. The Bertz CT molecular complexity index is 652. The molecule has 0 bridgehead atoms. The fraction of sp³-hybridized carbons (Fsp3) is 0.267. The summed E-state index contributed by atoms with van der Waals surface area (Å²) in [6.45, 7) is 1.97. The predicted octanol–water partition coefficient (Wildman–Crippen LogP) is 2.12. The van der Waals surface area contributed by atoms with Crippen molar-refractivity contribution >= 4 is 34.0 Å². The molecule has 0 atom stereocenters. The van der Waals surface area contributed by atoms with Crippen LogP contribution in [0.1, 0.15) is 23.0 Å². The highest BCUT2D eigenvalue weighted by Crippen LogP contribution is 2.14. The zero-order valence-corrected chi connectivity index (χ0v) is 13.3. The van der Waals surface area contributed by atoms with Crippen LogP contribution in [0, 0.1) is 0 Å². The van der Waals surface area contributed by atoms with Crippen molar-refractivity contribution in [2.45, 2.75) is 13.3 Å². The molecule has 0 aliphatic rings. The molecule has 6 nitrogen and oxygen atoms in total. The molecule has 0 spiro atoms. The molecule has 0 aliphatic carbocycles. The number of hydrogen-bond donors (Lipinski definition) is 3. The molecule has 0 radical (unpaired) electrons. The largest absolute Gasteiger partial charge is 0.365 e. The number of nitrogens with one attached hydrogen (secondary N) is 3. The fourth-order valence-corrected chi connectivity index (χ4v) is 2.56. The van der Waals surface area contributed by atoms with Crippen molar-refractivity contribution in [1.29, 1.82) is 0 Å². The molecule has 1 aromatic heterocycles. The minimum atomic E-state index is -0.140. The zero-order valence-electron chi connectivity index (χ0n) is 12.5. The van der Waals surface area contributed by atoms with E-state index in [0.29, 0.717) is 24.2 Å². The SMILES string of the molecule is CNc1nc(CCNC(=O)c2ccc(NC(C)=O)cc2)cs1. The number of carbonyl (C=O) groups excluding carboxylic acids is 2. The van der Waals surface area contributed by atoms with Gasteiger partial charge in [0.25, 0.3) is 5.91 Å². The van der Waals surface area contributed by atoms with Crippen LogP contribution >= 0.6 is 11.3 Å². The van der Waals surface area contributed by atoms with Crippen LogP contribution < -0.4 is 16.0 Å². The van der Waals surface area contributed by atoms with Gasteiger partial charge < -0.3 is 16.0 Å². The molecule has 0 saturated heterocycles. The first-order valence-corrected chi connectivity index (χ1v) is 7.74. The lowest BCUT2D eigenvalue weighted by atomic mass is 10.2. The van der Waals surface area contributed by atoms with E-state index in [2.05, 4.69) is 20.9 Å². The second-order valence-corrected chi connectivity index (χ2v) is 5.52. The third-order valence-electron chi connectivity index (χ3n) is 2.90. The molecular weight excluding hydrogens is 300 g/mol. The van der Waals surface area contributed by atoms with Crippen LogP contribution in [0.4, 0.5) is 10.8 Å². The minimum absolute atomic E-state index is 0.138. The quantitative estimate of drug-likeness (QED) is 0.762. The van der Waals surface area contributed by atoms with Gasteiger partial charge in [0.2, 0.25) is 5.91 Å². The van der Waals surface area contributed by atoms with Crippen LogP contribution in [0.15, 0.2) is 29.6 Å². The molecule has 2 rings (SSSR count). The van der Waals surface area contributed by atoms with E-state index >= 15 is 0 Å². The Morgan fingerprint density at radius 2 is 1.95 bits per heavy atom. The fourth-order valence-electron chi connectivity index (χ4n) is 1.85. The first-order chi connectivity index (χ1) is 10.6. The van der Waals surface area contributed by atoms with Crippen molar-refractivity contribution in [3.8, 4) is 0 Å². The van der Waals surface area contributed by atoms with E-state index in [1.807, 2.05) is 12.4 Å². The monoisotopic (exact) mass is 318 g/mol. The average Bonchev–Trinajstić information content (AvgIpc) is 2.95. The number of amides is 2. The van der Waals surface area contributed by atoms with Crippen molar-refractivity contribution < 1.29 is 9.59 Å². The third kappa shape index (κ3) is 4.56. The highest BCUT2D eigenvalue weighted by atomic mass is 32.1. The number of thiazole rings is 1. The topological polar surface area (TPSA) is 83.1 Å². The normalized spacial score (nSPS) is 10.1. The third-order valence-corrected chi connectivity index (χ3v) is 3.81. The predicted molar refractivity (Wildman–Crippen MR) is 88.4 cm³/mol. The summed E-state index contributed by atoms with van der Waals surface area (Å²) in [5.74, 6) is -0.278. The first-order valence-electron chi connectivity index (χ1n) is 6.86. The lowest BCUT2D eigenvalue weighted by Gasteiger charge is -2.06. The number of nitrogens with zero attached hydrogens (tertiary/aromatic N) is 1. The van der Waals surface area contributed by atoms with Gasteiger partial charge in [-0.05, 0) is 24.3 Å². The molecule has 7 heteroatoms. The van der Waals surface area contributed by atoms with Gasteiger partial charge in [-0.25, -0.2) is 4.98 Å². The Morgan fingerprint density at radius 1 is 1.23 bits per heavy atom. The molecule has 0 unspecified atom stereocenters. The maximum Gasteiger partial charge on any atom is 0.251 e. The van der Waals surface area contributed by atoms with Crippen LogP contribution in [-0.4, -0.2) is 30.4 Å². The van der Waals surface area contributed by atoms with Gasteiger partial charge >= 0.3 is 0 Å². The number of carbonyl (C=O) groups is 2. The van der Waals surface area contributed by atoms with Crippen molar-refractivity contribution in [3.05, 3.63) is 40.9 Å². The summed E-state index contributed by atoms with van der Waals surface area (Å²) in [4.78, 5) is 27.3. The lowest BCUT2D eigenvalue weighted by Crippen LogP contribution is -2.25. The van der Waals surface area contributed by atoms with Gasteiger partial charge in [-0.1, -0.05) is 0 Å². The second-order valence-electron chi connectivity index (χ2n) is 4.66. The van der Waals surface area contributed by atoms with Crippen molar-refractivity contribution in [3.63, 3.8) is 0 Å². The molecular formula is C15H18N4O2S. The number of hydrogen-bond acceptors (Lipinski definition) is 5. The molecule has 0 aliphatic heterocycles. The van der Waals surface area contributed by atoms with Crippen LogP contribution in [0.2, 0.25) is 0 Å². The molecule has 0 fully saturated rings. The lowest BCUT2D eigenvalue weighted by molar-refractivity contribution is -0.114. The van der Waals surface area contributed by atoms with Gasteiger partial charge in [0.05, 0.1) is 5.69 Å². The molecule has 22 heavy (non-hydrogen) atoms. The van der Waals surface area contributed by atoms with Gasteiger partial charge in [-0.15, -0.1) is 11.3 Å². The summed E-state index contributed by atoms with van der Waals surface area (Å²) in [7, 11) is 1.83. The Balaban J connectivity index is 1.82. The van der Waals surface area contributed by atoms with Gasteiger partial charge in [0, 0.05) is 43.6 Å². The summed E-state index contributed by atoms with van der Waals surface area (Å²) in [5, 5.41) is 11.3. The second kappa shape index (κ2) is 7.56. The van der Waals surface area contributed by atoms with E-state index < -0.39 is 0 Å². The van der Waals surface area contributed by atoms with E-state index in [1.165, 1.54) is 6.92 Å². The van der Waals surface area contributed by atoms with Crippen molar-refractivity contribution in [2.24, 2.45) is 0 Å². The maximum atomic E-state index is 12.0. The van der Waals surface area contributed by atoms with Crippen molar-refractivity contribution in [2.75, 3.05) is 24.2 Å². The van der Waals surface area contributed by atoms with Crippen molar-refractivity contribution in [1.82, 2.24) is 10.3 Å². The standard InChI is InChI=1S/C15H18N4O2S/c1-10(20)18-12-5-3-11(4-6-12)14(21)17-8-7-13-9-22-15(16-2)19-13/h3-6,9H,7-8H2,1-2H3,(H,16,19)(H,17,21)(H,18,20). The van der Waals surface area contributed by atoms with E-state index in [0.717, 1.165) is 10.8 Å². The van der Waals surface area contributed by atoms with E-state index in [1.54, 1.807) is 35.6 Å². The molecule has 116 valence electrons. The minimum Gasteiger partial charge on any atom is -0.365 e. The summed E-state index contributed by atoms with van der Waals surface area (Å²) in [6, 6.07) is 6.77. The number of aromatic nitrogens is 1. The Kier molecular flexibility index (Phi) is 5.48. The van der Waals surface area contributed by atoms with Crippen LogP contribution in [0.3, 0.4) is 0 Å². The average molecular weight is 318 g/mol. The van der Waals surface area contributed by atoms with Gasteiger partial charge in [-0.3, -0.25) is 9.59 Å². The number of anilines is 2. The van der Waals surface area contributed by atoms with Gasteiger partial charge in [-0.2, -0.15) is 0 Å². The highest BCUT2D eigenvalue weighted by molar-refractivity contribution is 7.13. The van der Waals surface area contributed by atoms with E-state index in [4.69, 9.17) is 0 Å². The molecule has 1 heterocycles. The summed E-state index contributed by atoms with van der Waals surface area (Å²) >= 11 is 1.54. The first kappa shape index (κ1) is 16.0. The number of rotatable bonds is 6. The Labute approximate surface area is 133 Å². The zero-order chi connectivity index (χ0) is 15.9. The molecule has 0 saturated carbocycles. The summed E-state index contributed by atoms with van der Waals surface area (Å²) in [6.07, 6.45) is 0.688. The molecule has 2 aromatic rings. The molecule has 3 N–H and O–H groups in total. The summed E-state index contributed by atoms with van der Waals surface area (Å²) < 4.78 is 0. The number of benzene rings is 1. The van der Waals surface area contributed by atoms with Crippen LogP contribution in [-0.2, 0) is 11.2 Å².